The zero-order valence-electron chi connectivity index (χ0n) is 22.7. The van der Waals surface area contributed by atoms with Gasteiger partial charge in [-0.25, -0.2) is 9.79 Å². The van der Waals surface area contributed by atoms with Crippen molar-refractivity contribution >= 4 is 39.3 Å². The third kappa shape index (κ3) is 5.96. The van der Waals surface area contributed by atoms with Crippen molar-refractivity contribution in [2.75, 3.05) is 20.3 Å². The quantitative estimate of drug-likeness (QED) is 0.323. The Morgan fingerprint density at radius 2 is 1.90 bits per heavy atom. The first-order valence-electron chi connectivity index (χ1n) is 12.6. The largest absolute Gasteiger partial charge is 0.494 e. The molecule has 0 radical (unpaired) electrons. The predicted molar refractivity (Wildman–Crippen MR) is 154 cm³/mol. The van der Waals surface area contributed by atoms with Crippen LogP contribution in [0.3, 0.4) is 0 Å². The Balaban J connectivity index is 1.95. The number of rotatable bonds is 9. The first kappa shape index (κ1) is 28.6. The Morgan fingerprint density at radius 1 is 1.18 bits per heavy atom. The number of thiazole rings is 1. The van der Waals surface area contributed by atoms with Gasteiger partial charge in [-0.15, -0.1) is 0 Å². The molecule has 1 aliphatic rings. The highest BCUT2D eigenvalue weighted by molar-refractivity contribution is 9.10. The average Bonchev–Trinajstić information content (AvgIpc) is 3.19. The van der Waals surface area contributed by atoms with Crippen LogP contribution in [0.25, 0.3) is 6.08 Å². The van der Waals surface area contributed by atoms with E-state index in [0.29, 0.717) is 50.0 Å². The molecule has 1 atom stereocenters. The van der Waals surface area contributed by atoms with E-state index in [1.54, 1.807) is 31.6 Å². The van der Waals surface area contributed by atoms with E-state index in [1.807, 2.05) is 57.2 Å². The van der Waals surface area contributed by atoms with Crippen molar-refractivity contribution in [3.8, 4) is 17.2 Å². The van der Waals surface area contributed by atoms with Crippen LogP contribution in [0.5, 0.6) is 17.2 Å². The summed E-state index contributed by atoms with van der Waals surface area (Å²) in [6.45, 7) is 10.0. The second kappa shape index (κ2) is 12.2. The second-order valence-electron chi connectivity index (χ2n) is 9.00. The molecule has 3 aromatic rings. The number of esters is 1. The summed E-state index contributed by atoms with van der Waals surface area (Å²) in [4.78, 5) is 32.2. The van der Waals surface area contributed by atoms with Crippen LogP contribution in [0.2, 0.25) is 0 Å². The Bertz CT molecular complexity index is 1590. The number of hydrogen-bond acceptors (Lipinski definition) is 8. The minimum atomic E-state index is -0.707. The van der Waals surface area contributed by atoms with Crippen LogP contribution in [-0.2, 0) is 9.53 Å². The zero-order chi connectivity index (χ0) is 28.3. The van der Waals surface area contributed by atoms with E-state index in [9.17, 15) is 9.59 Å². The number of nitrogens with zero attached hydrogens (tertiary/aromatic N) is 2. The summed E-state index contributed by atoms with van der Waals surface area (Å²) in [5, 5.41) is 0. The van der Waals surface area contributed by atoms with Crippen LogP contribution in [0.4, 0.5) is 0 Å². The highest BCUT2D eigenvalue weighted by atomic mass is 79.9. The molecule has 1 aromatic heterocycles. The summed E-state index contributed by atoms with van der Waals surface area (Å²) in [6, 6.07) is 10.4. The first-order valence-corrected chi connectivity index (χ1v) is 14.3. The van der Waals surface area contributed by atoms with Gasteiger partial charge < -0.3 is 18.9 Å². The SMILES string of the molecule is CCOC(=O)C1=C(C)N=c2s/c(=C\c3cc(Br)cc(OC)c3OC(C)C)c(=O)n2[C@H]1c1ccc(OCC)cc1. The Hall–Kier alpha value is -3.37. The Labute approximate surface area is 239 Å². The van der Waals surface area contributed by atoms with Crippen molar-refractivity contribution in [3.63, 3.8) is 0 Å². The molecule has 0 amide bonds. The van der Waals surface area contributed by atoms with E-state index in [0.717, 1.165) is 10.0 Å². The van der Waals surface area contributed by atoms with E-state index in [4.69, 9.17) is 18.9 Å². The number of carbonyl (C=O) groups is 1. The molecule has 8 nitrogen and oxygen atoms in total. The minimum absolute atomic E-state index is 0.108. The van der Waals surface area contributed by atoms with E-state index >= 15 is 0 Å². The van der Waals surface area contributed by atoms with Gasteiger partial charge >= 0.3 is 5.97 Å². The molecule has 0 fully saturated rings. The second-order valence-corrected chi connectivity index (χ2v) is 10.9. The summed E-state index contributed by atoms with van der Waals surface area (Å²) in [7, 11) is 1.57. The molecule has 2 aromatic carbocycles. The van der Waals surface area contributed by atoms with Gasteiger partial charge in [-0.1, -0.05) is 39.4 Å². The number of carbonyl (C=O) groups excluding carboxylic acids is 1. The molecular weight excluding hydrogens is 584 g/mol. The van der Waals surface area contributed by atoms with E-state index in [2.05, 4.69) is 20.9 Å². The molecule has 206 valence electrons. The van der Waals surface area contributed by atoms with Crippen molar-refractivity contribution in [3.05, 3.63) is 83.0 Å². The highest BCUT2D eigenvalue weighted by Gasteiger charge is 2.33. The van der Waals surface area contributed by atoms with Crippen LogP contribution in [0.15, 0.2) is 61.9 Å². The number of hydrogen-bond donors (Lipinski definition) is 0. The third-order valence-corrected chi connectivity index (χ3v) is 7.37. The number of benzene rings is 2. The summed E-state index contributed by atoms with van der Waals surface area (Å²) >= 11 is 4.77. The minimum Gasteiger partial charge on any atom is -0.494 e. The summed E-state index contributed by atoms with van der Waals surface area (Å²) in [5.41, 5.74) is 1.98. The highest BCUT2D eigenvalue weighted by Crippen LogP contribution is 2.36. The lowest BCUT2D eigenvalue weighted by molar-refractivity contribution is -0.139. The van der Waals surface area contributed by atoms with Gasteiger partial charge in [-0.3, -0.25) is 9.36 Å². The molecule has 0 N–H and O–H groups in total. The number of ether oxygens (including phenoxy) is 4. The lowest BCUT2D eigenvalue weighted by Gasteiger charge is -2.24. The fourth-order valence-electron chi connectivity index (χ4n) is 4.37. The maximum Gasteiger partial charge on any atom is 0.338 e. The molecular formula is C29H31BrN2O6S. The van der Waals surface area contributed by atoms with E-state index in [-0.39, 0.29) is 18.3 Å². The van der Waals surface area contributed by atoms with Crippen molar-refractivity contribution < 1.29 is 23.7 Å². The number of methoxy groups -OCH3 is 1. The number of aromatic nitrogens is 1. The van der Waals surface area contributed by atoms with E-state index < -0.39 is 12.0 Å². The summed E-state index contributed by atoms with van der Waals surface area (Å²) in [5.74, 6) is 1.28. The first-order chi connectivity index (χ1) is 18.7. The lowest BCUT2D eigenvalue weighted by Crippen LogP contribution is -2.39. The third-order valence-electron chi connectivity index (χ3n) is 5.93. The van der Waals surface area contributed by atoms with Crippen molar-refractivity contribution in [2.45, 2.75) is 46.8 Å². The van der Waals surface area contributed by atoms with Gasteiger partial charge in [0.2, 0.25) is 0 Å². The van der Waals surface area contributed by atoms with Crippen LogP contribution in [0.1, 0.15) is 51.8 Å². The molecule has 1 aliphatic heterocycles. The Morgan fingerprint density at radius 3 is 2.51 bits per heavy atom. The summed E-state index contributed by atoms with van der Waals surface area (Å²) < 4.78 is 25.4. The molecule has 39 heavy (non-hydrogen) atoms. The maximum atomic E-state index is 14.0. The van der Waals surface area contributed by atoms with Crippen molar-refractivity contribution in [1.29, 1.82) is 0 Å². The normalized spacial score (nSPS) is 15.2. The molecule has 0 bridgehead atoms. The van der Waals surface area contributed by atoms with Crippen molar-refractivity contribution in [1.82, 2.24) is 4.57 Å². The van der Waals surface area contributed by atoms with E-state index in [1.165, 1.54) is 11.3 Å². The molecule has 4 rings (SSSR count). The monoisotopic (exact) mass is 614 g/mol. The number of fused-ring (bicyclic) bond motifs is 1. The standard InChI is InChI=1S/C29H31BrN2O6S/c1-7-36-21-11-9-18(10-12-21)25-24(28(34)37-8-2)17(5)31-29-32(25)27(33)23(39-29)14-19-13-20(30)15-22(35-6)26(19)38-16(3)4/h9-16,25H,7-8H2,1-6H3/b23-14-/t25-/m0/s1. The van der Waals surface area contributed by atoms with Crippen LogP contribution in [-0.4, -0.2) is 37.0 Å². The topological polar surface area (TPSA) is 88.4 Å². The number of halogens is 1. The van der Waals surface area contributed by atoms with Gasteiger partial charge in [-0.2, -0.15) is 0 Å². The van der Waals surface area contributed by atoms with Crippen LogP contribution >= 0.6 is 27.3 Å². The summed E-state index contributed by atoms with van der Waals surface area (Å²) in [6.07, 6.45) is 1.66. The Kier molecular flexibility index (Phi) is 8.97. The van der Waals surface area contributed by atoms with Gasteiger partial charge in [0, 0.05) is 10.0 Å². The van der Waals surface area contributed by atoms with Gasteiger partial charge in [0.15, 0.2) is 16.3 Å². The molecule has 0 unspecified atom stereocenters. The fraction of sp³-hybridized carbons (Fsp3) is 0.345. The molecule has 2 heterocycles. The van der Waals surface area contributed by atoms with Crippen LogP contribution in [0, 0.1) is 0 Å². The van der Waals surface area contributed by atoms with Crippen molar-refractivity contribution in [2.24, 2.45) is 4.99 Å². The molecule has 0 spiro atoms. The fourth-order valence-corrected chi connectivity index (χ4v) is 5.86. The predicted octanol–water partition coefficient (Wildman–Crippen LogP) is 4.76. The molecule has 0 saturated carbocycles. The van der Waals surface area contributed by atoms with Gasteiger partial charge in [0.25, 0.3) is 5.56 Å². The average molecular weight is 616 g/mol. The van der Waals surface area contributed by atoms with Gasteiger partial charge in [0.05, 0.1) is 48.3 Å². The number of allylic oxidation sites excluding steroid dienone is 1. The van der Waals surface area contributed by atoms with Gasteiger partial charge in [-0.05, 0) is 70.5 Å². The lowest BCUT2D eigenvalue weighted by atomic mass is 9.96. The molecule has 0 aliphatic carbocycles. The zero-order valence-corrected chi connectivity index (χ0v) is 25.1. The molecule has 0 saturated heterocycles. The maximum absolute atomic E-state index is 14.0. The molecule has 10 heteroatoms. The van der Waals surface area contributed by atoms with Crippen LogP contribution < -0.4 is 29.1 Å². The van der Waals surface area contributed by atoms with Gasteiger partial charge in [0.1, 0.15) is 5.75 Å². The smallest absolute Gasteiger partial charge is 0.338 e.